The molecule has 0 saturated carbocycles. The fraction of sp³-hybridized carbons (Fsp3) is 0.909. The van der Waals surface area contributed by atoms with Gasteiger partial charge in [-0.3, -0.25) is 0 Å². The van der Waals surface area contributed by atoms with Gasteiger partial charge in [0.05, 0.1) is 11.7 Å². The summed E-state index contributed by atoms with van der Waals surface area (Å²) in [4.78, 5) is 2.39. The lowest BCUT2D eigenvalue weighted by Gasteiger charge is -2.35. The third kappa shape index (κ3) is 3.28. The van der Waals surface area contributed by atoms with Gasteiger partial charge >= 0.3 is 0 Å². The van der Waals surface area contributed by atoms with Gasteiger partial charge in [-0.1, -0.05) is 0 Å². The predicted octanol–water partition coefficient (Wildman–Crippen LogP) is 1.65. The van der Waals surface area contributed by atoms with Gasteiger partial charge in [-0.15, -0.1) is 0 Å². The summed E-state index contributed by atoms with van der Waals surface area (Å²) in [7, 11) is 1.75. The number of likely N-dealkylation sites (tertiary alicyclic amines) is 1. The molecule has 0 atom stereocenters. The first-order valence-electron chi connectivity index (χ1n) is 5.24. The molecule has 0 aromatic heterocycles. The number of methoxy groups -OCH3 is 1. The van der Waals surface area contributed by atoms with Gasteiger partial charge in [-0.25, -0.2) is 0 Å². The first-order valence-corrected chi connectivity index (χ1v) is 5.24. The number of piperidine rings is 1. The van der Waals surface area contributed by atoms with Crippen molar-refractivity contribution in [2.75, 3.05) is 26.7 Å². The van der Waals surface area contributed by atoms with Crippen LogP contribution in [-0.4, -0.2) is 37.2 Å². The van der Waals surface area contributed by atoms with Crippen molar-refractivity contribution in [2.45, 2.75) is 32.3 Å². The first kappa shape index (κ1) is 11.5. The topological polar surface area (TPSA) is 36.3 Å². The van der Waals surface area contributed by atoms with Gasteiger partial charge < -0.3 is 9.64 Å². The third-order valence-corrected chi connectivity index (χ3v) is 2.93. The highest BCUT2D eigenvalue weighted by atomic mass is 16.5. The normalized spacial score (nSPS) is 20.7. The third-order valence-electron chi connectivity index (χ3n) is 2.93. The molecule has 0 unspecified atom stereocenters. The van der Waals surface area contributed by atoms with Crippen LogP contribution < -0.4 is 0 Å². The SMILES string of the molecule is COC(C)(C)CN1CCC(C#N)CC1. The number of hydrogen-bond acceptors (Lipinski definition) is 3. The van der Waals surface area contributed by atoms with Crippen molar-refractivity contribution in [1.29, 1.82) is 5.26 Å². The van der Waals surface area contributed by atoms with E-state index in [0.29, 0.717) is 0 Å². The molecule has 0 amide bonds. The summed E-state index contributed by atoms with van der Waals surface area (Å²) in [6.45, 7) is 7.23. The van der Waals surface area contributed by atoms with Crippen LogP contribution in [-0.2, 0) is 4.74 Å². The van der Waals surface area contributed by atoms with Gasteiger partial charge in [-0.2, -0.15) is 5.26 Å². The second kappa shape index (κ2) is 4.77. The van der Waals surface area contributed by atoms with E-state index in [-0.39, 0.29) is 11.5 Å². The Bertz CT molecular complexity index is 212. The summed E-state index contributed by atoms with van der Waals surface area (Å²) in [5.74, 6) is 0.275. The summed E-state index contributed by atoms with van der Waals surface area (Å²) in [6.07, 6.45) is 2.02. The van der Waals surface area contributed by atoms with E-state index < -0.39 is 0 Å². The maximum atomic E-state index is 8.76. The van der Waals surface area contributed by atoms with Crippen LogP contribution in [0.1, 0.15) is 26.7 Å². The van der Waals surface area contributed by atoms with Crippen LogP contribution >= 0.6 is 0 Å². The van der Waals surface area contributed by atoms with Crippen molar-refractivity contribution in [3.63, 3.8) is 0 Å². The number of nitrogens with zero attached hydrogens (tertiary/aromatic N) is 2. The Balaban J connectivity index is 2.33. The quantitative estimate of drug-likeness (QED) is 0.688. The smallest absolute Gasteiger partial charge is 0.0749 e. The molecule has 0 spiro atoms. The molecular weight excluding hydrogens is 176 g/mol. The van der Waals surface area contributed by atoms with Crippen molar-refractivity contribution < 1.29 is 4.74 Å². The zero-order valence-corrected chi connectivity index (χ0v) is 9.42. The highest BCUT2D eigenvalue weighted by molar-refractivity contribution is 4.88. The van der Waals surface area contributed by atoms with E-state index in [1.807, 2.05) is 0 Å². The zero-order valence-electron chi connectivity index (χ0n) is 9.42. The molecule has 1 rings (SSSR count). The van der Waals surface area contributed by atoms with Crippen LogP contribution in [0.3, 0.4) is 0 Å². The zero-order chi connectivity index (χ0) is 10.6. The van der Waals surface area contributed by atoms with E-state index in [0.717, 1.165) is 32.5 Å². The minimum Gasteiger partial charge on any atom is -0.377 e. The number of nitriles is 1. The van der Waals surface area contributed by atoms with Gasteiger partial charge in [0.15, 0.2) is 0 Å². The summed E-state index contributed by atoms with van der Waals surface area (Å²) in [5, 5.41) is 8.76. The molecule has 1 heterocycles. The molecule has 80 valence electrons. The monoisotopic (exact) mass is 196 g/mol. The maximum Gasteiger partial charge on any atom is 0.0749 e. The van der Waals surface area contributed by atoms with Crippen LogP contribution in [0.15, 0.2) is 0 Å². The molecule has 0 bridgehead atoms. The Kier molecular flexibility index (Phi) is 3.91. The minimum atomic E-state index is -0.0700. The fourth-order valence-electron chi connectivity index (χ4n) is 1.82. The molecule has 0 aromatic carbocycles. The van der Waals surface area contributed by atoms with Crippen molar-refractivity contribution in [1.82, 2.24) is 4.90 Å². The van der Waals surface area contributed by atoms with Crippen LogP contribution in [0.2, 0.25) is 0 Å². The van der Waals surface area contributed by atoms with Crippen molar-refractivity contribution >= 4 is 0 Å². The lowest BCUT2D eigenvalue weighted by molar-refractivity contribution is -0.0130. The molecule has 1 aliphatic heterocycles. The predicted molar refractivity (Wildman–Crippen MR) is 55.9 cm³/mol. The van der Waals surface area contributed by atoms with Gasteiger partial charge in [0.25, 0.3) is 0 Å². The van der Waals surface area contributed by atoms with E-state index in [1.54, 1.807) is 7.11 Å². The Morgan fingerprint density at radius 1 is 1.43 bits per heavy atom. The van der Waals surface area contributed by atoms with E-state index >= 15 is 0 Å². The molecular formula is C11H20N2O. The Hall–Kier alpha value is -0.590. The average Bonchev–Trinajstić information content (AvgIpc) is 2.19. The lowest BCUT2D eigenvalue weighted by Crippen LogP contribution is -2.43. The minimum absolute atomic E-state index is 0.0700. The fourth-order valence-corrected chi connectivity index (χ4v) is 1.82. The molecule has 0 aliphatic carbocycles. The molecule has 0 N–H and O–H groups in total. The molecule has 1 aliphatic rings. The summed E-state index contributed by atoms with van der Waals surface area (Å²) in [6, 6.07) is 2.34. The molecule has 3 heteroatoms. The van der Waals surface area contributed by atoms with E-state index in [1.165, 1.54) is 0 Å². The molecule has 3 nitrogen and oxygen atoms in total. The molecule has 0 radical (unpaired) electrons. The second-order valence-corrected chi connectivity index (χ2v) is 4.64. The Labute approximate surface area is 86.6 Å². The summed E-state index contributed by atoms with van der Waals surface area (Å²) < 4.78 is 5.39. The largest absolute Gasteiger partial charge is 0.377 e. The standard InChI is InChI=1S/C11H20N2O/c1-11(2,14-3)9-13-6-4-10(8-12)5-7-13/h10H,4-7,9H2,1-3H3. The Morgan fingerprint density at radius 2 is 2.00 bits per heavy atom. The summed E-state index contributed by atoms with van der Waals surface area (Å²) >= 11 is 0. The van der Waals surface area contributed by atoms with Crippen molar-refractivity contribution in [3.05, 3.63) is 0 Å². The van der Waals surface area contributed by atoms with Crippen LogP contribution in [0.5, 0.6) is 0 Å². The van der Waals surface area contributed by atoms with Crippen molar-refractivity contribution in [2.24, 2.45) is 5.92 Å². The number of hydrogen-bond donors (Lipinski definition) is 0. The van der Waals surface area contributed by atoms with E-state index in [9.17, 15) is 0 Å². The first-order chi connectivity index (χ1) is 6.57. The second-order valence-electron chi connectivity index (χ2n) is 4.64. The number of rotatable bonds is 3. The van der Waals surface area contributed by atoms with Gasteiger partial charge in [0.2, 0.25) is 0 Å². The van der Waals surface area contributed by atoms with Gasteiger partial charge in [0.1, 0.15) is 0 Å². The molecule has 14 heavy (non-hydrogen) atoms. The highest BCUT2D eigenvalue weighted by Gasteiger charge is 2.24. The van der Waals surface area contributed by atoms with Crippen LogP contribution in [0.25, 0.3) is 0 Å². The van der Waals surface area contributed by atoms with E-state index in [2.05, 4.69) is 24.8 Å². The number of ether oxygens (including phenoxy) is 1. The van der Waals surface area contributed by atoms with Crippen LogP contribution in [0.4, 0.5) is 0 Å². The van der Waals surface area contributed by atoms with Crippen LogP contribution in [0, 0.1) is 17.2 Å². The average molecular weight is 196 g/mol. The van der Waals surface area contributed by atoms with Gasteiger partial charge in [-0.05, 0) is 39.8 Å². The summed E-state index contributed by atoms with van der Waals surface area (Å²) in [5.41, 5.74) is -0.0700. The molecule has 1 saturated heterocycles. The molecule has 0 aromatic rings. The van der Waals surface area contributed by atoms with Crippen molar-refractivity contribution in [3.8, 4) is 6.07 Å². The highest BCUT2D eigenvalue weighted by Crippen LogP contribution is 2.19. The Morgan fingerprint density at radius 3 is 2.43 bits per heavy atom. The molecule has 1 fully saturated rings. The van der Waals surface area contributed by atoms with E-state index in [4.69, 9.17) is 10.00 Å². The maximum absolute atomic E-state index is 8.76. The van der Waals surface area contributed by atoms with Gasteiger partial charge in [0, 0.05) is 19.6 Å². The lowest BCUT2D eigenvalue weighted by atomic mass is 9.97.